The van der Waals surface area contributed by atoms with Crippen molar-refractivity contribution in [1.82, 2.24) is 9.80 Å². The van der Waals surface area contributed by atoms with E-state index in [0.717, 1.165) is 24.3 Å². The summed E-state index contributed by atoms with van der Waals surface area (Å²) in [6.07, 6.45) is 0. The number of carboxylic acid groups (broad SMARTS) is 1. The number of benzene rings is 2. The van der Waals surface area contributed by atoms with Gasteiger partial charge in [-0.3, -0.25) is 19.3 Å². The molecule has 8 nitrogen and oxygen atoms in total. The van der Waals surface area contributed by atoms with E-state index in [1.807, 2.05) is 45.3 Å². The molecule has 0 radical (unpaired) electrons. The molecule has 0 saturated heterocycles. The minimum atomic E-state index is -0.250. The van der Waals surface area contributed by atoms with Gasteiger partial charge < -0.3 is 20.6 Å². The maximum atomic E-state index is 12.5. The number of nitrogens with one attached hydrogen (secondary N) is 2. The molecule has 8 heteroatoms. The van der Waals surface area contributed by atoms with Crippen molar-refractivity contribution in [3.63, 3.8) is 0 Å². The maximum absolute atomic E-state index is 12.5. The molecule has 1 aliphatic heterocycles. The van der Waals surface area contributed by atoms with Gasteiger partial charge in [-0.15, -0.1) is 0 Å². The third kappa shape index (κ3) is 6.98. The van der Waals surface area contributed by atoms with Crippen LogP contribution in [0.5, 0.6) is 0 Å². The number of hydrogen-bond acceptors (Lipinski definition) is 5. The standard InChI is InChI=1S/C21H26N4O2.CH2O2/c1-15-8-9-18(22-20(26)13-24(2)3)10-19(15)23-21(27)14-25-11-16-6-4-5-7-17(16)12-25;2-1-3/h4-10H,11-14H2,1-3H3,(H,22,26)(H,23,27);1H,(H,2,3). The van der Waals surface area contributed by atoms with Crippen LogP contribution in [0.4, 0.5) is 11.4 Å². The summed E-state index contributed by atoms with van der Waals surface area (Å²) < 4.78 is 0. The van der Waals surface area contributed by atoms with Gasteiger partial charge in [-0.2, -0.15) is 0 Å². The number of likely N-dealkylation sites (N-methyl/N-ethyl adjacent to an activating group) is 1. The first-order valence-electron chi connectivity index (χ1n) is 9.54. The Morgan fingerprint density at radius 1 is 1.07 bits per heavy atom. The summed E-state index contributed by atoms with van der Waals surface area (Å²) in [6.45, 7) is 3.93. The second-order valence-electron chi connectivity index (χ2n) is 7.38. The molecule has 0 aromatic heterocycles. The Kier molecular flexibility index (Phi) is 8.52. The number of anilines is 2. The molecule has 3 N–H and O–H groups in total. The Morgan fingerprint density at radius 3 is 2.23 bits per heavy atom. The van der Waals surface area contributed by atoms with Gasteiger partial charge in [0.25, 0.3) is 6.47 Å². The summed E-state index contributed by atoms with van der Waals surface area (Å²) >= 11 is 0. The Morgan fingerprint density at radius 2 is 1.67 bits per heavy atom. The van der Waals surface area contributed by atoms with E-state index in [2.05, 4.69) is 27.7 Å². The van der Waals surface area contributed by atoms with Gasteiger partial charge in [-0.1, -0.05) is 30.3 Å². The van der Waals surface area contributed by atoms with E-state index in [-0.39, 0.29) is 18.3 Å². The van der Waals surface area contributed by atoms with Gasteiger partial charge >= 0.3 is 0 Å². The van der Waals surface area contributed by atoms with Crippen LogP contribution in [0.25, 0.3) is 0 Å². The smallest absolute Gasteiger partial charge is 0.290 e. The molecule has 2 aromatic carbocycles. The fourth-order valence-electron chi connectivity index (χ4n) is 3.23. The van der Waals surface area contributed by atoms with Gasteiger partial charge in [0.15, 0.2) is 0 Å². The van der Waals surface area contributed by atoms with Crippen molar-refractivity contribution in [2.75, 3.05) is 37.8 Å². The lowest BCUT2D eigenvalue weighted by Crippen LogP contribution is -2.29. The van der Waals surface area contributed by atoms with Crippen molar-refractivity contribution in [2.45, 2.75) is 20.0 Å². The normalized spacial score (nSPS) is 12.5. The molecule has 0 fully saturated rings. The van der Waals surface area contributed by atoms with Crippen molar-refractivity contribution in [1.29, 1.82) is 0 Å². The molecular formula is C22H28N4O4. The number of amides is 2. The quantitative estimate of drug-likeness (QED) is 0.629. The summed E-state index contributed by atoms with van der Waals surface area (Å²) in [5.41, 5.74) is 4.92. The van der Waals surface area contributed by atoms with E-state index in [4.69, 9.17) is 9.90 Å². The fraction of sp³-hybridized carbons (Fsp3) is 0.318. The molecule has 3 rings (SSSR count). The molecule has 1 heterocycles. The zero-order valence-electron chi connectivity index (χ0n) is 17.5. The lowest BCUT2D eigenvalue weighted by Gasteiger charge is -2.16. The number of carbonyl (C=O) groups is 3. The van der Waals surface area contributed by atoms with Crippen LogP contribution in [0.1, 0.15) is 16.7 Å². The summed E-state index contributed by atoms with van der Waals surface area (Å²) in [7, 11) is 3.69. The summed E-state index contributed by atoms with van der Waals surface area (Å²) in [5.74, 6) is -0.140. The molecule has 2 aromatic rings. The fourth-order valence-corrected chi connectivity index (χ4v) is 3.23. The number of carbonyl (C=O) groups excluding carboxylic acids is 2. The lowest BCUT2D eigenvalue weighted by atomic mass is 10.1. The van der Waals surface area contributed by atoms with Crippen LogP contribution in [0.15, 0.2) is 42.5 Å². The van der Waals surface area contributed by atoms with Gasteiger partial charge in [0.1, 0.15) is 0 Å². The molecule has 0 saturated carbocycles. The van der Waals surface area contributed by atoms with E-state index in [1.54, 1.807) is 11.0 Å². The van der Waals surface area contributed by atoms with Gasteiger partial charge in [0.05, 0.1) is 13.1 Å². The molecule has 0 bridgehead atoms. The van der Waals surface area contributed by atoms with E-state index >= 15 is 0 Å². The first kappa shape index (κ1) is 23.1. The first-order chi connectivity index (χ1) is 14.3. The van der Waals surface area contributed by atoms with Crippen molar-refractivity contribution in [2.24, 2.45) is 0 Å². The van der Waals surface area contributed by atoms with Crippen molar-refractivity contribution in [3.05, 3.63) is 59.2 Å². The van der Waals surface area contributed by atoms with Crippen LogP contribution >= 0.6 is 0 Å². The van der Waals surface area contributed by atoms with Crippen LogP contribution in [0.3, 0.4) is 0 Å². The topological polar surface area (TPSA) is 102 Å². The average molecular weight is 412 g/mol. The SMILES string of the molecule is Cc1ccc(NC(=O)CN(C)C)cc1NC(=O)CN1Cc2ccccc2C1.O=CO. The van der Waals surface area contributed by atoms with E-state index in [0.29, 0.717) is 18.8 Å². The van der Waals surface area contributed by atoms with Gasteiger partial charge in [-0.05, 0) is 49.8 Å². The highest BCUT2D eigenvalue weighted by atomic mass is 16.3. The number of nitrogens with zero attached hydrogens (tertiary/aromatic N) is 2. The van der Waals surface area contributed by atoms with Gasteiger partial charge in [-0.25, -0.2) is 0 Å². The molecule has 160 valence electrons. The van der Waals surface area contributed by atoms with E-state index in [9.17, 15) is 9.59 Å². The van der Waals surface area contributed by atoms with Crippen LogP contribution in [-0.2, 0) is 27.5 Å². The van der Waals surface area contributed by atoms with Crippen LogP contribution in [0.2, 0.25) is 0 Å². The number of hydrogen-bond donors (Lipinski definition) is 3. The van der Waals surface area contributed by atoms with Crippen molar-refractivity contribution < 1.29 is 19.5 Å². The molecule has 30 heavy (non-hydrogen) atoms. The van der Waals surface area contributed by atoms with Crippen LogP contribution < -0.4 is 10.6 Å². The zero-order valence-corrected chi connectivity index (χ0v) is 17.5. The second kappa shape index (κ2) is 11.1. The third-order valence-corrected chi connectivity index (χ3v) is 4.53. The van der Waals surface area contributed by atoms with Gasteiger partial charge in [0.2, 0.25) is 11.8 Å². The minimum absolute atomic E-state index is 0.0531. The molecule has 2 amide bonds. The predicted molar refractivity (Wildman–Crippen MR) is 116 cm³/mol. The number of fused-ring (bicyclic) bond motifs is 1. The molecular weight excluding hydrogens is 384 g/mol. The third-order valence-electron chi connectivity index (χ3n) is 4.53. The van der Waals surface area contributed by atoms with E-state index < -0.39 is 0 Å². The van der Waals surface area contributed by atoms with Crippen molar-refractivity contribution in [3.8, 4) is 0 Å². The predicted octanol–water partition coefficient (Wildman–Crippen LogP) is 2.15. The zero-order chi connectivity index (χ0) is 22.1. The molecule has 0 aliphatic carbocycles. The summed E-state index contributed by atoms with van der Waals surface area (Å²) in [4.78, 5) is 36.7. The Labute approximate surface area is 176 Å². The summed E-state index contributed by atoms with van der Waals surface area (Å²) in [6, 6.07) is 13.8. The molecule has 1 aliphatic rings. The molecule has 0 unspecified atom stereocenters. The monoisotopic (exact) mass is 412 g/mol. The largest absolute Gasteiger partial charge is 0.483 e. The first-order valence-corrected chi connectivity index (χ1v) is 9.54. The molecule has 0 spiro atoms. The minimum Gasteiger partial charge on any atom is -0.483 e. The van der Waals surface area contributed by atoms with Crippen LogP contribution in [0, 0.1) is 6.92 Å². The van der Waals surface area contributed by atoms with E-state index in [1.165, 1.54) is 11.1 Å². The average Bonchev–Trinajstić information content (AvgIpc) is 3.06. The highest BCUT2D eigenvalue weighted by Crippen LogP contribution is 2.23. The number of aryl methyl sites for hydroxylation is 1. The second-order valence-corrected chi connectivity index (χ2v) is 7.38. The Hall–Kier alpha value is -3.23. The van der Waals surface area contributed by atoms with Gasteiger partial charge in [0, 0.05) is 24.5 Å². The van der Waals surface area contributed by atoms with Crippen LogP contribution in [-0.4, -0.2) is 60.4 Å². The van der Waals surface area contributed by atoms with Crippen molar-refractivity contribution >= 4 is 29.7 Å². The Balaban J connectivity index is 0.00000101. The summed E-state index contributed by atoms with van der Waals surface area (Å²) in [5, 5.41) is 12.7. The Bertz CT molecular complexity index is 873. The highest BCUT2D eigenvalue weighted by molar-refractivity contribution is 5.96. The number of rotatable bonds is 6. The lowest BCUT2D eigenvalue weighted by molar-refractivity contribution is -0.123. The molecule has 0 atom stereocenters. The highest BCUT2D eigenvalue weighted by Gasteiger charge is 2.20. The maximum Gasteiger partial charge on any atom is 0.290 e.